The van der Waals surface area contributed by atoms with Gasteiger partial charge in [0.1, 0.15) is 16.7 Å². The van der Waals surface area contributed by atoms with E-state index in [2.05, 4.69) is 0 Å². The lowest BCUT2D eigenvalue weighted by Crippen LogP contribution is -2.15. The molecule has 0 aliphatic rings. The van der Waals surface area contributed by atoms with Crippen LogP contribution in [-0.2, 0) is 0 Å². The van der Waals surface area contributed by atoms with E-state index in [1.54, 1.807) is 48.5 Å². The second-order valence-electron chi connectivity index (χ2n) is 5.16. The number of nitrogen functional groups attached to an aromatic ring is 1. The minimum atomic E-state index is -0.714. The Morgan fingerprint density at radius 1 is 0.913 bits per heavy atom. The third kappa shape index (κ3) is 2.02. The number of carbonyl (C=O) groups is 1. The number of benzene rings is 2. The van der Waals surface area contributed by atoms with E-state index in [-0.39, 0.29) is 17.0 Å². The number of carbonyl (C=O) groups excluding carboxylic acids is 1. The summed E-state index contributed by atoms with van der Waals surface area (Å²) in [5.74, 6) is -0.632. The number of nitrogens with two attached hydrogens (primary N) is 1. The van der Waals surface area contributed by atoms with Crippen LogP contribution in [0.25, 0.3) is 21.9 Å². The van der Waals surface area contributed by atoms with Gasteiger partial charge in [0.25, 0.3) is 0 Å². The predicted molar refractivity (Wildman–Crippen MR) is 86.5 cm³/mol. The van der Waals surface area contributed by atoms with Gasteiger partial charge in [0.15, 0.2) is 5.76 Å². The van der Waals surface area contributed by atoms with Crippen molar-refractivity contribution in [1.29, 1.82) is 0 Å². The first-order chi connectivity index (χ1) is 11.1. The zero-order valence-electron chi connectivity index (χ0n) is 11.9. The van der Waals surface area contributed by atoms with Crippen LogP contribution in [0.4, 0.5) is 5.69 Å². The minimum absolute atomic E-state index is 0.0474. The summed E-state index contributed by atoms with van der Waals surface area (Å²) in [6.07, 6.45) is 0. The van der Waals surface area contributed by atoms with Crippen molar-refractivity contribution < 1.29 is 13.6 Å². The Kier molecular flexibility index (Phi) is 2.81. The molecule has 2 N–H and O–H groups in total. The molecule has 4 rings (SSSR count). The zero-order chi connectivity index (χ0) is 16.0. The Labute approximate surface area is 129 Å². The average molecular weight is 305 g/mol. The van der Waals surface area contributed by atoms with Gasteiger partial charge in [0.2, 0.25) is 5.78 Å². The van der Waals surface area contributed by atoms with Crippen LogP contribution in [0.1, 0.15) is 16.1 Å². The van der Waals surface area contributed by atoms with Gasteiger partial charge in [-0.2, -0.15) is 0 Å². The van der Waals surface area contributed by atoms with Gasteiger partial charge < -0.3 is 14.6 Å². The lowest BCUT2D eigenvalue weighted by Gasteiger charge is -2.00. The highest BCUT2D eigenvalue weighted by molar-refractivity contribution is 6.14. The Morgan fingerprint density at radius 2 is 1.61 bits per heavy atom. The number of ketones is 1. The molecule has 2 heterocycles. The first-order valence-corrected chi connectivity index (χ1v) is 7.00. The van der Waals surface area contributed by atoms with E-state index >= 15 is 0 Å². The lowest BCUT2D eigenvalue weighted by atomic mass is 10.1. The summed E-state index contributed by atoms with van der Waals surface area (Å²) in [6.45, 7) is 0. The molecule has 0 amide bonds. The van der Waals surface area contributed by atoms with Crippen molar-refractivity contribution in [3.8, 4) is 0 Å². The fraction of sp³-hybridized carbons (Fsp3) is 0. The zero-order valence-corrected chi connectivity index (χ0v) is 11.9. The van der Waals surface area contributed by atoms with Gasteiger partial charge >= 0.3 is 5.63 Å². The van der Waals surface area contributed by atoms with Crippen LogP contribution < -0.4 is 11.4 Å². The average Bonchev–Trinajstić information content (AvgIpc) is 2.91. The monoisotopic (exact) mass is 305 g/mol. The maximum atomic E-state index is 12.7. The van der Waals surface area contributed by atoms with E-state index in [0.29, 0.717) is 21.9 Å². The van der Waals surface area contributed by atoms with Gasteiger partial charge in [-0.05, 0) is 24.3 Å². The van der Waals surface area contributed by atoms with E-state index in [0.717, 1.165) is 0 Å². The van der Waals surface area contributed by atoms with E-state index < -0.39 is 11.4 Å². The Morgan fingerprint density at radius 3 is 2.39 bits per heavy atom. The highest BCUT2D eigenvalue weighted by Crippen LogP contribution is 2.29. The fourth-order valence-corrected chi connectivity index (χ4v) is 2.58. The number of anilines is 1. The van der Waals surface area contributed by atoms with Gasteiger partial charge in [-0.15, -0.1) is 0 Å². The van der Waals surface area contributed by atoms with Gasteiger partial charge in [0.05, 0.1) is 5.69 Å². The molecular formula is C18H11NO4. The van der Waals surface area contributed by atoms with Crippen LogP contribution >= 0.6 is 0 Å². The molecule has 112 valence electrons. The molecule has 0 spiro atoms. The third-order valence-corrected chi connectivity index (χ3v) is 3.73. The summed E-state index contributed by atoms with van der Waals surface area (Å²) in [7, 11) is 0. The smallest absolute Gasteiger partial charge is 0.347 e. The molecule has 0 aliphatic carbocycles. The molecule has 5 heteroatoms. The van der Waals surface area contributed by atoms with Crippen LogP contribution in [0.5, 0.6) is 0 Å². The van der Waals surface area contributed by atoms with Gasteiger partial charge in [-0.25, -0.2) is 4.79 Å². The molecule has 2 aromatic carbocycles. The number of fused-ring (bicyclic) bond motifs is 2. The summed E-state index contributed by atoms with van der Waals surface area (Å²) >= 11 is 0. The number of rotatable bonds is 2. The number of furan rings is 1. The van der Waals surface area contributed by atoms with Crippen molar-refractivity contribution in [1.82, 2.24) is 0 Å². The van der Waals surface area contributed by atoms with Crippen molar-refractivity contribution in [2.45, 2.75) is 0 Å². The lowest BCUT2D eigenvalue weighted by molar-refractivity contribution is 0.101. The molecule has 0 saturated heterocycles. The summed E-state index contributed by atoms with van der Waals surface area (Å²) in [5.41, 5.74) is 6.32. The molecule has 0 unspecified atom stereocenters. The second-order valence-corrected chi connectivity index (χ2v) is 5.16. The molecular weight excluding hydrogens is 294 g/mol. The molecule has 5 nitrogen and oxygen atoms in total. The van der Waals surface area contributed by atoms with Crippen molar-refractivity contribution >= 4 is 33.4 Å². The molecule has 23 heavy (non-hydrogen) atoms. The van der Waals surface area contributed by atoms with Crippen LogP contribution in [0.3, 0.4) is 0 Å². The normalized spacial score (nSPS) is 11.1. The maximum Gasteiger partial charge on any atom is 0.347 e. The van der Waals surface area contributed by atoms with Crippen LogP contribution in [0, 0.1) is 0 Å². The van der Waals surface area contributed by atoms with Crippen LogP contribution in [-0.4, -0.2) is 5.78 Å². The summed E-state index contributed by atoms with van der Waals surface area (Å²) < 4.78 is 10.7. The second kappa shape index (κ2) is 4.84. The van der Waals surface area contributed by atoms with Crippen molar-refractivity contribution in [2.75, 3.05) is 5.73 Å². The first kappa shape index (κ1) is 13.3. The van der Waals surface area contributed by atoms with E-state index in [1.807, 2.05) is 0 Å². The first-order valence-electron chi connectivity index (χ1n) is 7.00. The van der Waals surface area contributed by atoms with E-state index in [9.17, 15) is 9.59 Å². The number of hydrogen-bond donors (Lipinski definition) is 1. The van der Waals surface area contributed by atoms with Crippen LogP contribution in [0.2, 0.25) is 0 Å². The fourth-order valence-electron chi connectivity index (χ4n) is 2.58. The highest BCUT2D eigenvalue weighted by Gasteiger charge is 2.23. The standard InChI is InChI=1S/C18H11NO4/c19-15-11-6-2-4-8-14(11)22-17(15)16(20)12-9-10-5-1-3-7-13(10)23-18(12)21/h1-9H,19H2. The Hall–Kier alpha value is -3.34. The van der Waals surface area contributed by atoms with Gasteiger partial charge in [-0.3, -0.25) is 4.79 Å². The molecule has 0 saturated carbocycles. The van der Waals surface area contributed by atoms with Crippen LogP contribution in [0.15, 0.2) is 68.2 Å². The molecule has 4 aromatic rings. The van der Waals surface area contributed by atoms with Crippen molar-refractivity contribution in [2.24, 2.45) is 0 Å². The maximum absolute atomic E-state index is 12.7. The largest absolute Gasteiger partial charge is 0.450 e. The topological polar surface area (TPSA) is 86.4 Å². The number of para-hydroxylation sites is 2. The quantitative estimate of drug-likeness (QED) is 0.453. The van der Waals surface area contributed by atoms with Gasteiger partial charge in [-0.1, -0.05) is 30.3 Å². The van der Waals surface area contributed by atoms with E-state index in [1.165, 1.54) is 6.07 Å². The molecule has 0 atom stereocenters. The summed E-state index contributed by atoms with van der Waals surface area (Å²) in [4.78, 5) is 24.8. The predicted octanol–water partition coefficient (Wildman–Crippen LogP) is 3.35. The molecule has 0 fully saturated rings. The molecule has 2 aromatic heterocycles. The molecule has 0 aliphatic heterocycles. The molecule has 0 bridgehead atoms. The summed E-state index contributed by atoms with van der Waals surface area (Å²) in [6, 6.07) is 15.5. The minimum Gasteiger partial charge on any atom is -0.450 e. The Balaban J connectivity index is 1.92. The van der Waals surface area contributed by atoms with Crippen molar-refractivity contribution in [3.05, 3.63) is 76.3 Å². The van der Waals surface area contributed by atoms with Crippen molar-refractivity contribution in [3.63, 3.8) is 0 Å². The van der Waals surface area contributed by atoms with E-state index in [4.69, 9.17) is 14.6 Å². The van der Waals surface area contributed by atoms with Gasteiger partial charge in [0, 0.05) is 10.8 Å². The number of hydrogen-bond acceptors (Lipinski definition) is 5. The Bertz CT molecular complexity index is 1120. The molecule has 0 radical (unpaired) electrons. The SMILES string of the molecule is Nc1c(C(=O)c2cc3ccccc3oc2=O)oc2ccccc12. The third-order valence-electron chi connectivity index (χ3n) is 3.73. The summed E-state index contributed by atoms with van der Waals surface area (Å²) in [5, 5.41) is 1.30. The highest BCUT2D eigenvalue weighted by atomic mass is 16.4.